The molecule has 0 radical (unpaired) electrons. The number of nitrogens with one attached hydrogen (secondary N) is 1. The summed E-state index contributed by atoms with van der Waals surface area (Å²) in [6, 6.07) is -1.39. The van der Waals surface area contributed by atoms with Gasteiger partial charge >= 0.3 is 12.1 Å². The van der Waals surface area contributed by atoms with Crippen LogP contribution in [0, 0.1) is 0 Å². The number of rotatable bonds is 5. The highest BCUT2D eigenvalue weighted by Crippen LogP contribution is 2.08. The van der Waals surface area contributed by atoms with Crippen molar-refractivity contribution in [2.45, 2.75) is 45.8 Å². The van der Waals surface area contributed by atoms with Gasteiger partial charge in [-0.25, -0.2) is 9.59 Å². The molecule has 19 heavy (non-hydrogen) atoms. The third kappa shape index (κ3) is 8.64. The van der Waals surface area contributed by atoms with E-state index in [0.717, 1.165) is 0 Å². The molecule has 0 aliphatic rings. The lowest BCUT2D eigenvalue weighted by Gasteiger charge is -2.23. The van der Waals surface area contributed by atoms with Gasteiger partial charge in [-0.2, -0.15) is 0 Å². The van der Waals surface area contributed by atoms with Crippen molar-refractivity contribution >= 4 is 18.0 Å². The summed E-state index contributed by atoms with van der Waals surface area (Å²) in [6.07, 6.45) is -1.64. The van der Waals surface area contributed by atoms with E-state index < -0.39 is 36.1 Å². The summed E-state index contributed by atoms with van der Waals surface area (Å²) >= 11 is 0. The van der Waals surface area contributed by atoms with E-state index >= 15 is 0 Å². The number of esters is 1. The quantitative estimate of drug-likeness (QED) is 0.562. The molecule has 0 saturated carbocycles. The maximum atomic E-state index is 11.5. The minimum absolute atomic E-state index is 0.0827. The van der Waals surface area contributed by atoms with Gasteiger partial charge in [-0.15, -0.1) is 0 Å². The second-order valence-corrected chi connectivity index (χ2v) is 4.90. The topological polar surface area (TPSA) is 105 Å². The fourth-order valence-corrected chi connectivity index (χ4v) is 1.05. The molecule has 1 amide bonds. The van der Waals surface area contributed by atoms with Crippen LogP contribution in [0.15, 0.2) is 12.3 Å². The zero-order chi connectivity index (χ0) is 15.2. The average Bonchev–Trinajstić information content (AvgIpc) is 2.11. The van der Waals surface area contributed by atoms with Gasteiger partial charge in [-0.1, -0.05) is 6.58 Å². The molecule has 0 heterocycles. The zero-order valence-electron chi connectivity index (χ0n) is 11.4. The van der Waals surface area contributed by atoms with Crippen LogP contribution in [0.2, 0.25) is 0 Å². The van der Waals surface area contributed by atoms with Gasteiger partial charge in [-0.05, 0) is 27.7 Å². The van der Waals surface area contributed by atoms with Gasteiger partial charge in [-0.3, -0.25) is 0 Å². The van der Waals surface area contributed by atoms with Crippen molar-refractivity contribution in [1.29, 1.82) is 0 Å². The second-order valence-electron chi connectivity index (χ2n) is 4.90. The van der Waals surface area contributed by atoms with Crippen LogP contribution in [0.4, 0.5) is 4.79 Å². The molecule has 0 bridgehead atoms. The Morgan fingerprint density at radius 2 is 1.84 bits per heavy atom. The summed E-state index contributed by atoms with van der Waals surface area (Å²) in [5.41, 5.74) is -0.769. The summed E-state index contributed by atoms with van der Waals surface area (Å²) in [5.74, 6) is -2.36. The van der Waals surface area contributed by atoms with Gasteiger partial charge in [0.2, 0.25) is 0 Å². The number of carbonyl (C=O) groups excluding carboxylic acids is 3. The number of amides is 1. The number of aliphatic carboxylic acids is 1. The first kappa shape index (κ1) is 16.9. The summed E-state index contributed by atoms with van der Waals surface area (Å²) in [6.45, 7) is 9.66. The molecular weight excluding hydrogens is 254 g/mol. The Labute approximate surface area is 111 Å². The number of allylic oxidation sites excluding steroid dienone is 1. The van der Waals surface area contributed by atoms with Crippen LogP contribution in [0.1, 0.15) is 34.1 Å². The molecule has 0 aromatic heterocycles. The minimum Gasteiger partial charge on any atom is -0.550 e. The largest absolute Gasteiger partial charge is 0.550 e. The molecule has 1 atom stereocenters. The lowest BCUT2D eigenvalue weighted by Crippen LogP contribution is -2.47. The number of hydrogen-bond acceptors (Lipinski definition) is 6. The van der Waals surface area contributed by atoms with E-state index in [1.165, 1.54) is 6.92 Å². The molecule has 0 unspecified atom stereocenters. The Kier molecular flexibility index (Phi) is 6.04. The molecule has 0 spiro atoms. The Hall–Kier alpha value is -2.05. The Morgan fingerprint density at radius 1 is 1.32 bits per heavy atom. The first-order chi connectivity index (χ1) is 8.51. The Morgan fingerprint density at radius 3 is 2.21 bits per heavy atom. The lowest BCUT2D eigenvalue weighted by atomic mass is 10.2. The lowest BCUT2D eigenvalue weighted by molar-refractivity contribution is -0.306. The van der Waals surface area contributed by atoms with Gasteiger partial charge < -0.3 is 24.7 Å². The van der Waals surface area contributed by atoms with E-state index in [4.69, 9.17) is 4.74 Å². The highest BCUT2D eigenvalue weighted by atomic mass is 16.6. The Bertz CT molecular complexity index is 382. The number of carboxylic acid groups (broad SMARTS) is 1. The molecule has 1 N–H and O–H groups in total. The van der Waals surface area contributed by atoms with Crippen molar-refractivity contribution in [2.24, 2.45) is 0 Å². The molecular formula is C12H18NO6-. The predicted octanol–water partition coefficient (Wildman–Crippen LogP) is 0.0965. The van der Waals surface area contributed by atoms with Crippen LogP contribution in [0.3, 0.4) is 0 Å². The van der Waals surface area contributed by atoms with Crippen molar-refractivity contribution in [3.05, 3.63) is 12.3 Å². The van der Waals surface area contributed by atoms with Crippen molar-refractivity contribution < 1.29 is 29.0 Å². The van der Waals surface area contributed by atoms with Crippen LogP contribution < -0.4 is 10.4 Å². The van der Waals surface area contributed by atoms with Gasteiger partial charge in [0.05, 0.1) is 5.76 Å². The zero-order valence-corrected chi connectivity index (χ0v) is 11.4. The highest BCUT2D eigenvalue weighted by molar-refractivity contribution is 5.85. The number of carbonyl (C=O) groups is 3. The molecule has 0 aromatic rings. The first-order valence-corrected chi connectivity index (χ1v) is 5.58. The number of carboxylic acids is 1. The van der Waals surface area contributed by atoms with Gasteiger partial charge in [0, 0.05) is 12.4 Å². The van der Waals surface area contributed by atoms with Crippen molar-refractivity contribution in [3.63, 3.8) is 0 Å². The monoisotopic (exact) mass is 272 g/mol. The molecule has 0 saturated heterocycles. The van der Waals surface area contributed by atoms with Gasteiger partial charge in [0.25, 0.3) is 0 Å². The molecule has 7 nitrogen and oxygen atoms in total. The number of alkyl carbamates (subject to hydrolysis) is 1. The summed E-state index contributed by atoms with van der Waals surface area (Å²) < 4.78 is 9.56. The summed E-state index contributed by atoms with van der Waals surface area (Å²) in [5, 5.41) is 12.6. The average molecular weight is 272 g/mol. The minimum atomic E-state index is -1.50. The molecule has 0 aliphatic heterocycles. The summed E-state index contributed by atoms with van der Waals surface area (Å²) in [7, 11) is 0. The second kappa shape index (κ2) is 6.77. The van der Waals surface area contributed by atoms with E-state index in [-0.39, 0.29) is 5.76 Å². The van der Waals surface area contributed by atoms with Gasteiger partial charge in [0.15, 0.2) is 0 Å². The first-order valence-electron chi connectivity index (χ1n) is 5.58. The number of hydrogen-bond donors (Lipinski definition) is 1. The van der Waals surface area contributed by atoms with E-state index in [2.05, 4.69) is 16.6 Å². The van der Waals surface area contributed by atoms with Crippen molar-refractivity contribution in [2.75, 3.05) is 0 Å². The molecule has 0 fully saturated rings. The maximum absolute atomic E-state index is 11.5. The van der Waals surface area contributed by atoms with Crippen LogP contribution >= 0.6 is 0 Å². The normalized spacial score (nSPS) is 12.2. The number of ether oxygens (including phenoxy) is 2. The SMILES string of the molecule is C=C(C)OC(=O)[C@@H](CC(=O)[O-])NC(=O)OC(C)(C)C. The molecule has 0 aromatic carbocycles. The van der Waals surface area contributed by atoms with Crippen LogP contribution in [-0.2, 0) is 19.1 Å². The van der Waals surface area contributed by atoms with Crippen LogP contribution in [0.5, 0.6) is 0 Å². The van der Waals surface area contributed by atoms with Crippen LogP contribution in [-0.4, -0.2) is 29.7 Å². The molecule has 7 heteroatoms. The highest BCUT2D eigenvalue weighted by Gasteiger charge is 2.25. The van der Waals surface area contributed by atoms with Crippen molar-refractivity contribution in [1.82, 2.24) is 5.32 Å². The predicted molar refractivity (Wildman–Crippen MR) is 63.7 cm³/mol. The third-order valence-electron chi connectivity index (χ3n) is 1.62. The fourth-order valence-electron chi connectivity index (χ4n) is 1.05. The van der Waals surface area contributed by atoms with E-state index in [9.17, 15) is 19.5 Å². The van der Waals surface area contributed by atoms with E-state index in [0.29, 0.717) is 0 Å². The van der Waals surface area contributed by atoms with Gasteiger partial charge in [0.1, 0.15) is 11.6 Å². The summed E-state index contributed by atoms with van der Waals surface area (Å²) in [4.78, 5) is 33.5. The fraction of sp³-hybridized carbons (Fsp3) is 0.583. The van der Waals surface area contributed by atoms with Crippen molar-refractivity contribution in [3.8, 4) is 0 Å². The molecule has 0 rings (SSSR count). The molecule has 0 aliphatic carbocycles. The molecule has 108 valence electrons. The Balaban J connectivity index is 4.68. The standard InChI is InChI=1S/C12H19NO6/c1-7(2)18-10(16)8(6-9(14)15)13-11(17)19-12(3,4)5/h8H,1,6H2,2-5H3,(H,13,17)(H,14,15)/p-1/t8-/m1/s1. The third-order valence-corrected chi connectivity index (χ3v) is 1.62. The maximum Gasteiger partial charge on any atom is 0.408 e. The van der Waals surface area contributed by atoms with E-state index in [1.807, 2.05) is 0 Å². The van der Waals surface area contributed by atoms with Crippen LogP contribution in [0.25, 0.3) is 0 Å². The van der Waals surface area contributed by atoms with E-state index in [1.54, 1.807) is 20.8 Å². The smallest absolute Gasteiger partial charge is 0.408 e.